The number of hydrogen-bond donors (Lipinski definition) is 0. The zero-order valence-corrected chi connectivity index (χ0v) is 13.4. The lowest BCUT2D eigenvalue weighted by atomic mass is 9.95. The quantitative estimate of drug-likeness (QED) is 0.816. The number of carbonyl (C=O) groups is 1. The summed E-state index contributed by atoms with van der Waals surface area (Å²) in [4.78, 5) is 28.1. The zero-order chi connectivity index (χ0) is 15.7. The van der Waals surface area contributed by atoms with E-state index in [-0.39, 0.29) is 17.5 Å². The van der Waals surface area contributed by atoms with Crippen LogP contribution in [0.3, 0.4) is 0 Å². The minimum absolute atomic E-state index is 0.0272. The van der Waals surface area contributed by atoms with E-state index in [2.05, 4.69) is 10.00 Å². The highest BCUT2D eigenvalue weighted by Crippen LogP contribution is 2.24. The van der Waals surface area contributed by atoms with Crippen LogP contribution in [0, 0.1) is 12.8 Å². The molecule has 3 rings (SSSR count). The fraction of sp³-hybridized carbons (Fsp3) is 0.688. The number of piperidine rings is 1. The highest BCUT2D eigenvalue weighted by Gasteiger charge is 2.35. The van der Waals surface area contributed by atoms with Crippen molar-refractivity contribution in [2.75, 3.05) is 26.7 Å². The molecule has 0 aliphatic carbocycles. The van der Waals surface area contributed by atoms with Gasteiger partial charge >= 0.3 is 0 Å². The van der Waals surface area contributed by atoms with E-state index in [9.17, 15) is 9.59 Å². The molecule has 1 unspecified atom stereocenters. The molecule has 2 fully saturated rings. The van der Waals surface area contributed by atoms with E-state index in [4.69, 9.17) is 0 Å². The van der Waals surface area contributed by atoms with E-state index >= 15 is 0 Å². The van der Waals surface area contributed by atoms with Crippen molar-refractivity contribution in [2.24, 2.45) is 5.92 Å². The van der Waals surface area contributed by atoms with Crippen LogP contribution in [0.5, 0.6) is 0 Å². The first-order valence-corrected chi connectivity index (χ1v) is 8.08. The summed E-state index contributed by atoms with van der Waals surface area (Å²) in [5, 5.41) is 4.32. The first kappa shape index (κ1) is 15.2. The normalized spacial score (nSPS) is 24.2. The van der Waals surface area contributed by atoms with Crippen LogP contribution < -0.4 is 5.56 Å². The Balaban J connectivity index is 1.57. The van der Waals surface area contributed by atoms with E-state index in [1.54, 1.807) is 16.8 Å². The molecule has 22 heavy (non-hydrogen) atoms. The molecule has 0 N–H and O–H groups in total. The Morgan fingerprint density at radius 1 is 1.14 bits per heavy atom. The van der Waals surface area contributed by atoms with Gasteiger partial charge in [0.15, 0.2) is 0 Å². The van der Waals surface area contributed by atoms with Crippen LogP contribution in [-0.2, 0) is 11.3 Å². The summed E-state index contributed by atoms with van der Waals surface area (Å²) in [5.41, 5.74) is 0.845. The van der Waals surface area contributed by atoms with Crippen molar-refractivity contribution in [3.8, 4) is 0 Å². The monoisotopic (exact) mass is 304 g/mol. The topological polar surface area (TPSA) is 58.4 Å². The number of nitrogens with zero attached hydrogens (tertiary/aromatic N) is 4. The second-order valence-corrected chi connectivity index (χ2v) is 6.54. The maximum absolute atomic E-state index is 12.1. The van der Waals surface area contributed by atoms with Crippen molar-refractivity contribution >= 4 is 5.91 Å². The minimum atomic E-state index is -0.0272. The summed E-state index contributed by atoms with van der Waals surface area (Å²) in [6.07, 6.45) is 2.99. The molecule has 0 aromatic carbocycles. The molecule has 0 bridgehead atoms. The van der Waals surface area contributed by atoms with Gasteiger partial charge in [-0.2, -0.15) is 5.10 Å². The fourth-order valence-electron chi connectivity index (χ4n) is 3.52. The predicted octanol–water partition coefficient (Wildman–Crippen LogP) is 0.494. The molecule has 6 nitrogen and oxygen atoms in total. The summed E-state index contributed by atoms with van der Waals surface area (Å²) in [6, 6.07) is 3.42. The molecule has 0 spiro atoms. The van der Waals surface area contributed by atoms with Gasteiger partial charge in [0, 0.05) is 26.2 Å². The number of aromatic nitrogens is 2. The Bertz CT molecular complexity index is 604. The number of likely N-dealkylation sites (tertiary alicyclic amines) is 2. The molecule has 6 heteroatoms. The van der Waals surface area contributed by atoms with Crippen molar-refractivity contribution in [3.63, 3.8) is 0 Å². The van der Waals surface area contributed by atoms with Crippen molar-refractivity contribution < 1.29 is 4.79 Å². The van der Waals surface area contributed by atoms with Gasteiger partial charge in [-0.3, -0.25) is 14.5 Å². The SMILES string of the molecule is Cc1ccc(=O)n(CC2CCN(C3CCN(C)C3=O)CC2)n1. The molecule has 2 saturated heterocycles. The molecule has 1 aromatic heterocycles. The van der Waals surface area contributed by atoms with Crippen LogP contribution in [0.1, 0.15) is 25.0 Å². The third-order valence-corrected chi connectivity index (χ3v) is 4.92. The maximum atomic E-state index is 12.1. The smallest absolute Gasteiger partial charge is 0.266 e. The van der Waals surface area contributed by atoms with Crippen LogP contribution in [0.15, 0.2) is 16.9 Å². The Hall–Kier alpha value is -1.69. The van der Waals surface area contributed by atoms with Crippen LogP contribution in [-0.4, -0.2) is 58.2 Å². The average molecular weight is 304 g/mol. The summed E-state index contributed by atoms with van der Waals surface area (Å²) in [6.45, 7) is 5.34. The Kier molecular flexibility index (Phi) is 4.29. The molecule has 0 saturated carbocycles. The summed E-state index contributed by atoms with van der Waals surface area (Å²) >= 11 is 0. The lowest BCUT2D eigenvalue weighted by molar-refractivity contribution is -0.131. The maximum Gasteiger partial charge on any atom is 0.266 e. The van der Waals surface area contributed by atoms with Crippen molar-refractivity contribution in [2.45, 2.75) is 38.8 Å². The number of hydrogen-bond acceptors (Lipinski definition) is 4. The highest BCUT2D eigenvalue weighted by molar-refractivity contribution is 5.83. The number of carbonyl (C=O) groups excluding carboxylic acids is 1. The van der Waals surface area contributed by atoms with Crippen LogP contribution in [0.25, 0.3) is 0 Å². The first-order chi connectivity index (χ1) is 10.5. The van der Waals surface area contributed by atoms with Gasteiger partial charge in [-0.1, -0.05) is 0 Å². The number of aryl methyl sites for hydroxylation is 1. The third-order valence-electron chi connectivity index (χ3n) is 4.92. The molecule has 1 atom stereocenters. The van der Waals surface area contributed by atoms with Crippen LogP contribution in [0.2, 0.25) is 0 Å². The number of likely N-dealkylation sites (N-methyl/N-ethyl adjacent to an activating group) is 1. The van der Waals surface area contributed by atoms with Gasteiger partial charge in [0.1, 0.15) is 0 Å². The van der Waals surface area contributed by atoms with Gasteiger partial charge in [-0.15, -0.1) is 0 Å². The third kappa shape index (κ3) is 3.06. The van der Waals surface area contributed by atoms with Gasteiger partial charge in [0.25, 0.3) is 5.56 Å². The summed E-state index contributed by atoms with van der Waals surface area (Å²) in [7, 11) is 1.88. The molecular weight excluding hydrogens is 280 g/mol. The van der Waals surface area contributed by atoms with Gasteiger partial charge in [0.05, 0.1) is 11.7 Å². The molecule has 3 heterocycles. The van der Waals surface area contributed by atoms with E-state index in [0.717, 1.165) is 44.6 Å². The number of rotatable bonds is 3. The van der Waals surface area contributed by atoms with Crippen molar-refractivity contribution in [3.05, 3.63) is 28.2 Å². The zero-order valence-electron chi connectivity index (χ0n) is 13.4. The van der Waals surface area contributed by atoms with Gasteiger partial charge in [0.2, 0.25) is 5.91 Å². The highest BCUT2D eigenvalue weighted by atomic mass is 16.2. The van der Waals surface area contributed by atoms with Crippen molar-refractivity contribution in [1.82, 2.24) is 19.6 Å². The van der Waals surface area contributed by atoms with E-state index in [1.165, 1.54) is 0 Å². The molecule has 2 aliphatic heterocycles. The largest absolute Gasteiger partial charge is 0.344 e. The lowest BCUT2D eigenvalue weighted by Crippen LogP contribution is -2.46. The number of amides is 1. The first-order valence-electron chi connectivity index (χ1n) is 8.08. The minimum Gasteiger partial charge on any atom is -0.344 e. The average Bonchev–Trinajstić information content (AvgIpc) is 2.84. The molecule has 120 valence electrons. The summed E-state index contributed by atoms with van der Waals surface area (Å²) in [5.74, 6) is 0.729. The van der Waals surface area contributed by atoms with Gasteiger partial charge < -0.3 is 4.90 Å². The molecule has 1 amide bonds. The van der Waals surface area contributed by atoms with E-state index < -0.39 is 0 Å². The second-order valence-electron chi connectivity index (χ2n) is 6.54. The van der Waals surface area contributed by atoms with Crippen molar-refractivity contribution in [1.29, 1.82) is 0 Å². The van der Waals surface area contributed by atoms with E-state index in [1.807, 2.05) is 18.9 Å². The van der Waals surface area contributed by atoms with Crippen LogP contribution in [0.4, 0.5) is 0 Å². The van der Waals surface area contributed by atoms with Gasteiger partial charge in [-0.25, -0.2) is 4.68 Å². The van der Waals surface area contributed by atoms with E-state index in [0.29, 0.717) is 12.5 Å². The molecule has 1 aromatic rings. The lowest BCUT2D eigenvalue weighted by Gasteiger charge is -2.35. The second kappa shape index (κ2) is 6.20. The fourth-order valence-corrected chi connectivity index (χ4v) is 3.52. The Morgan fingerprint density at radius 2 is 1.86 bits per heavy atom. The molecule has 0 radical (unpaired) electrons. The predicted molar refractivity (Wildman–Crippen MR) is 83.6 cm³/mol. The molecular formula is C16H24N4O2. The Labute approximate surface area is 130 Å². The molecule has 2 aliphatic rings. The van der Waals surface area contributed by atoms with Gasteiger partial charge in [-0.05, 0) is 51.3 Å². The summed E-state index contributed by atoms with van der Waals surface area (Å²) < 4.78 is 1.59. The Morgan fingerprint density at radius 3 is 2.50 bits per heavy atom. The standard InChI is InChI=1S/C16H24N4O2/c1-12-3-4-15(21)20(17-12)11-13-5-9-19(10-6-13)14-7-8-18(2)16(14)22/h3-4,13-14H,5-11H2,1-2H3. The van der Waals surface area contributed by atoms with Crippen LogP contribution >= 0.6 is 0 Å².